The van der Waals surface area contributed by atoms with Crippen LogP contribution in [0.2, 0.25) is 5.02 Å². The summed E-state index contributed by atoms with van der Waals surface area (Å²) in [6.07, 6.45) is -0.0249. The van der Waals surface area contributed by atoms with Crippen molar-refractivity contribution >= 4 is 29.0 Å². The lowest BCUT2D eigenvalue weighted by Gasteiger charge is -2.36. The normalized spacial score (nSPS) is 18.5. The number of amides is 1. The lowest BCUT2D eigenvalue weighted by molar-refractivity contribution is -0.128. The molecular formula is C22H30ClF2N5O. The first-order valence-electron chi connectivity index (χ1n) is 10.5. The third-order valence-electron chi connectivity index (χ3n) is 6.11. The number of alkyl halides is 2. The highest BCUT2D eigenvalue weighted by Gasteiger charge is 2.28. The third kappa shape index (κ3) is 5.54. The standard InChI is InChI=1S/C22H30ClF2N5O/c1-14(31)30-11-8-20(27-15-6-9-28(2)10-7-15)18(13-30)22(26)29(3)16-4-5-19(23)17(12-16)21(24)25/h4-5,12,15,21,26-27H,6-11,13H2,1-3H3. The van der Waals surface area contributed by atoms with Crippen LogP contribution in [0.25, 0.3) is 0 Å². The molecular weight excluding hydrogens is 424 g/mol. The topological polar surface area (TPSA) is 62.7 Å². The van der Waals surface area contributed by atoms with Gasteiger partial charge in [0.1, 0.15) is 5.84 Å². The first-order valence-corrected chi connectivity index (χ1v) is 10.9. The average molecular weight is 454 g/mol. The Labute approximate surface area is 187 Å². The minimum atomic E-state index is -2.70. The van der Waals surface area contributed by atoms with Crippen molar-refractivity contribution in [2.75, 3.05) is 45.2 Å². The minimum absolute atomic E-state index is 0.00272. The SMILES string of the molecule is CC(=O)N1CCC(NC2CCN(C)CC2)=C(C(=N)N(C)c2ccc(Cl)c(C(F)F)c2)C1. The summed E-state index contributed by atoms with van der Waals surface area (Å²) in [6.45, 7) is 4.47. The van der Waals surface area contributed by atoms with Crippen molar-refractivity contribution in [3.63, 3.8) is 0 Å². The van der Waals surface area contributed by atoms with E-state index in [4.69, 9.17) is 17.0 Å². The van der Waals surface area contributed by atoms with Crippen LogP contribution < -0.4 is 10.2 Å². The number of nitrogens with zero attached hydrogens (tertiary/aromatic N) is 3. The number of hydrogen-bond donors (Lipinski definition) is 2. The van der Waals surface area contributed by atoms with Crippen LogP contribution in [-0.4, -0.2) is 67.9 Å². The lowest BCUT2D eigenvalue weighted by atomic mass is 10.00. The number of anilines is 1. The Balaban J connectivity index is 1.87. The second-order valence-electron chi connectivity index (χ2n) is 8.28. The maximum absolute atomic E-state index is 13.3. The number of amidine groups is 1. The molecule has 1 amide bonds. The Hall–Kier alpha value is -2.19. The van der Waals surface area contributed by atoms with Crippen LogP contribution >= 0.6 is 11.6 Å². The molecule has 9 heteroatoms. The van der Waals surface area contributed by atoms with Gasteiger partial charge in [-0.2, -0.15) is 0 Å². The van der Waals surface area contributed by atoms with Crippen LogP contribution in [0, 0.1) is 5.41 Å². The quantitative estimate of drug-likeness (QED) is 0.524. The zero-order valence-corrected chi connectivity index (χ0v) is 19.0. The molecule has 0 aromatic heterocycles. The zero-order chi connectivity index (χ0) is 22.7. The molecule has 0 unspecified atom stereocenters. The molecule has 0 saturated carbocycles. The minimum Gasteiger partial charge on any atom is -0.385 e. The van der Waals surface area contributed by atoms with Gasteiger partial charge in [-0.15, -0.1) is 0 Å². The van der Waals surface area contributed by atoms with E-state index in [1.54, 1.807) is 22.9 Å². The summed E-state index contributed by atoms with van der Waals surface area (Å²) < 4.78 is 26.6. The van der Waals surface area contributed by atoms with Crippen LogP contribution in [0.3, 0.4) is 0 Å². The number of carbonyl (C=O) groups is 1. The second-order valence-corrected chi connectivity index (χ2v) is 8.69. The molecule has 1 aromatic carbocycles. The fourth-order valence-electron chi connectivity index (χ4n) is 4.05. The van der Waals surface area contributed by atoms with Crippen LogP contribution in [0.15, 0.2) is 29.5 Å². The number of carbonyl (C=O) groups excluding carboxylic acids is 1. The maximum atomic E-state index is 13.3. The Morgan fingerprint density at radius 3 is 2.58 bits per heavy atom. The van der Waals surface area contributed by atoms with Gasteiger partial charge in [0.25, 0.3) is 6.43 Å². The number of nitrogens with one attached hydrogen (secondary N) is 2. The van der Waals surface area contributed by atoms with Crippen LogP contribution in [0.1, 0.15) is 38.2 Å². The summed E-state index contributed by atoms with van der Waals surface area (Å²) >= 11 is 5.90. The van der Waals surface area contributed by atoms with Crippen LogP contribution in [0.5, 0.6) is 0 Å². The van der Waals surface area contributed by atoms with Gasteiger partial charge < -0.3 is 20.0 Å². The molecule has 3 rings (SSSR count). The number of benzene rings is 1. The Kier molecular flexibility index (Phi) is 7.54. The Morgan fingerprint density at radius 1 is 1.29 bits per heavy atom. The van der Waals surface area contributed by atoms with Crippen LogP contribution in [0.4, 0.5) is 14.5 Å². The summed E-state index contributed by atoms with van der Waals surface area (Å²) in [5, 5.41) is 12.5. The van der Waals surface area contributed by atoms with Crippen molar-refractivity contribution in [2.45, 2.75) is 38.7 Å². The van der Waals surface area contributed by atoms with Crippen molar-refractivity contribution in [1.29, 1.82) is 5.41 Å². The van der Waals surface area contributed by atoms with E-state index >= 15 is 0 Å². The zero-order valence-electron chi connectivity index (χ0n) is 18.2. The monoisotopic (exact) mass is 453 g/mol. The predicted molar refractivity (Wildman–Crippen MR) is 120 cm³/mol. The van der Waals surface area contributed by atoms with Crippen molar-refractivity contribution in [3.8, 4) is 0 Å². The molecule has 0 bridgehead atoms. The highest BCUT2D eigenvalue weighted by molar-refractivity contribution is 6.31. The molecule has 0 spiro atoms. The molecule has 2 aliphatic heterocycles. The smallest absolute Gasteiger partial charge is 0.265 e. The van der Waals surface area contributed by atoms with E-state index in [0.29, 0.717) is 31.2 Å². The summed E-state index contributed by atoms with van der Waals surface area (Å²) in [5.74, 6) is 0.140. The summed E-state index contributed by atoms with van der Waals surface area (Å²) in [5.41, 5.74) is 1.88. The van der Waals surface area contributed by atoms with E-state index in [1.807, 2.05) is 0 Å². The van der Waals surface area contributed by atoms with Crippen molar-refractivity contribution < 1.29 is 13.6 Å². The first kappa shape index (κ1) is 23.5. The highest BCUT2D eigenvalue weighted by Crippen LogP contribution is 2.31. The van der Waals surface area contributed by atoms with Gasteiger partial charge in [0, 0.05) is 60.5 Å². The number of halogens is 3. The number of rotatable bonds is 5. The molecule has 170 valence electrons. The molecule has 2 N–H and O–H groups in total. The van der Waals surface area contributed by atoms with Gasteiger partial charge in [-0.25, -0.2) is 8.78 Å². The molecule has 0 atom stereocenters. The van der Waals surface area contributed by atoms with E-state index in [0.717, 1.165) is 37.2 Å². The van der Waals surface area contributed by atoms with E-state index in [2.05, 4.69) is 17.3 Å². The van der Waals surface area contributed by atoms with Gasteiger partial charge in [-0.3, -0.25) is 10.2 Å². The number of piperidine rings is 1. The van der Waals surface area contributed by atoms with E-state index in [1.165, 1.54) is 19.1 Å². The fraction of sp³-hybridized carbons (Fsp3) is 0.545. The van der Waals surface area contributed by atoms with Gasteiger partial charge in [0.2, 0.25) is 5.91 Å². The number of likely N-dealkylation sites (N-methyl/N-ethyl adjacent to an activating group) is 1. The van der Waals surface area contributed by atoms with Crippen molar-refractivity contribution in [3.05, 3.63) is 40.1 Å². The fourth-order valence-corrected chi connectivity index (χ4v) is 4.25. The second kappa shape index (κ2) is 9.96. The van der Waals surface area contributed by atoms with Gasteiger partial charge in [-0.1, -0.05) is 11.6 Å². The van der Waals surface area contributed by atoms with Crippen molar-refractivity contribution in [1.82, 2.24) is 15.1 Å². The van der Waals surface area contributed by atoms with Crippen molar-refractivity contribution in [2.24, 2.45) is 0 Å². The predicted octanol–water partition coefficient (Wildman–Crippen LogP) is 3.88. The number of likely N-dealkylation sites (tertiary alicyclic amines) is 1. The van der Waals surface area contributed by atoms with Crippen LogP contribution in [-0.2, 0) is 4.79 Å². The number of hydrogen-bond acceptors (Lipinski definition) is 4. The maximum Gasteiger partial charge on any atom is 0.265 e. The van der Waals surface area contributed by atoms with Gasteiger partial charge in [0.15, 0.2) is 0 Å². The van der Waals surface area contributed by atoms with E-state index < -0.39 is 6.43 Å². The molecule has 0 aliphatic carbocycles. The molecule has 31 heavy (non-hydrogen) atoms. The molecule has 0 radical (unpaired) electrons. The molecule has 1 fully saturated rings. The van der Waals surface area contributed by atoms with Gasteiger partial charge >= 0.3 is 0 Å². The van der Waals surface area contributed by atoms with Gasteiger partial charge in [-0.05, 0) is 51.2 Å². The summed E-state index contributed by atoms with van der Waals surface area (Å²) in [4.78, 5) is 17.6. The lowest BCUT2D eigenvalue weighted by Crippen LogP contribution is -2.46. The Bertz CT molecular complexity index is 867. The molecule has 1 aromatic rings. The molecule has 1 saturated heterocycles. The third-order valence-corrected chi connectivity index (χ3v) is 6.45. The summed E-state index contributed by atoms with van der Waals surface area (Å²) in [6, 6.07) is 4.69. The Morgan fingerprint density at radius 2 is 1.97 bits per heavy atom. The summed E-state index contributed by atoms with van der Waals surface area (Å²) in [7, 11) is 3.78. The van der Waals surface area contributed by atoms with E-state index in [-0.39, 0.29) is 22.3 Å². The molecule has 6 nitrogen and oxygen atoms in total. The van der Waals surface area contributed by atoms with Gasteiger partial charge in [0.05, 0.1) is 6.54 Å². The first-order chi connectivity index (χ1) is 14.7. The average Bonchev–Trinajstić information content (AvgIpc) is 2.74. The highest BCUT2D eigenvalue weighted by atomic mass is 35.5. The largest absolute Gasteiger partial charge is 0.385 e. The molecule has 2 heterocycles. The van der Waals surface area contributed by atoms with E-state index in [9.17, 15) is 13.6 Å². The molecule has 2 aliphatic rings.